The Kier molecular flexibility index (Phi) is 7.07. The number of benzene rings is 1. The lowest BCUT2D eigenvalue weighted by Gasteiger charge is -2.16. The van der Waals surface area contributed by atoms with E-state index in [1.165, 1.54) is 27.6 Å². The van der Waals surface area contributed by atoms with Gasteiger partial charge in [-0.05, 0) is 24.3 Å². The number of carbonyl (C=O) groups excluding carboxylic acids is 2. The molecule has 9 heteroatoms. The zero-order valence-electron chi connectivity index (χ0n) is 14.9. The first-order chi connectivity index (χ1) is 13.4. The average Bonchev–Trinajstić information content (AvgIpc) is 3.29. The van der Waals surface area contributed by atoms with Crippen LogP contribution in [0.25, 0.3) is 10.6 Å². The van der Waals surface area contributed by atoms with Gasteiger partial charge in [0.1, 0.15) is 5.01 Å². The van der Waals surface area contributed by atoms with Gasteiger partial charge in [0.2, 0.25) is 0 Å². The molecule has 0 saturated heterocycles. The molecular weight excluding hydrogens is 439 g/mol. The zero-order valence-corrected chi connectivity index (χ0v) is 18.0. The highest BCUT2D eigenvalue weighted by atomic mass is 35.5. The van der Waals surface area contributed by atoms with Crippen molar-refractivity contribution in [3.8, 4) is 10.6 Å². The summed E-state index contributed by atoms with van der Waals surface area (Å²) in [4.78, 5) is 31.1. The molecule has 0 fully saturated rings. The van der Waals surface area contributed by atoms with Crippen LogP contribution in [0, 0.1) is 0 Å². The van der Waals surface area contributed by atoms with Crippen molar-refractivity contribution in [3.63, 3.8) is 0 Å². The number of amides is 1. The molecule has 0 bridgehead atoms. The first-order valence-corrected chi connectivity index (χ1v) is 10.7. The lowest BCUT2D eigenvalue weighted by molar-refractivity contribution is -0.151. The number of likely N-dealkylation sites (N-methyl/N-ethyl adjacent to an activating group) is 1. The van der Waals surface area contributed by atoms with Gasteiger partial charge < -0.3 is 9.64 Å². The van der Waals surface area contributed by atoms with Gasteiger partial charge in [-0.3, -0.25) is 9.59 Å². The number of aromatic nitrogens is 1. The Morgan fingerprint density at radius 1 is 1.14 bits per heavy atom. The number of ether oxygens (including phenoxy) is 1. The van der Waals surface area contributed by atoms with Crippen molar-refractivity contribution in [1.29, 1.82) is 0 Å². The van der Waals surface area contributed by atoms with Gasteiger partial charge >= 0.3 is 5.97 Å². The van der Waals surface area contributed by atoms with Crippen LogP contribution in [0.3, 0.4) is 0 Å². The molecule has 1 aromatic carbocycles. The van der Waals surface area contributed by atoms with Crippen molar-refractivity contribution in [2.24, 2.45) is 0 Å². The lowest BCUT2D eigenvalue weighted by atomic mass is 10.2. The van der Waals surface area contributed by atoms with Crippen molar-refractivity contribution in [1.82, 2.24) is 9.88 Å². The monoisotopic (exact) mass is 454 g/mol. The Balaban J connectivity index is 1.47. The third-order valence-electron chi connectivity index (χ3n) is 3.77. The second-order valence-electron chi connectivity index (χ2n) is 5.94. The Labute approximate surface area is 180 Å². The van der Waals surface area contributed by atoms with Crippen molar-refractivity contribution in [3.05, 3.63) is 61.7 Å². The molecule has 2 aromatic heterocycles. The predicted octanol–water partition coefficient (Wildman–Crippen LogP) is 4.92. The molecule has 0 radical (unpaired) electrons. The van der Waals surface area contributed by atoms with E-state index in [0.717, 1.165) is 15.4 Å². The number of thiazole rings is 1. The molecule has 0 aliphatic heterocycles. The molecule has 146 valence electrons. The first kappa shape index (κ1) is 20.8. The van der Waals surface area contributed by atoms with E-state index in [9.17, 15) is 9.59 Å². The summed E-state index contributed by atoms with van der Waals surface area (Å²) in [5, 5.41) is 3.26. The summed E-state index contributed by atoms with van der Waals surface area (Å²) in [6.45, 7) is 0.118. The fourth-order valence-corrected chi connectivity index (χ4v) is 4.42. The van der Waals surface area contributed by atoms with E-state index in [1.807, 2.05) is 18.2 Å². The summed E-state index contributed by atoms with van der Waals surface area (Å²) in [5.74, 6) is -0.771. The first-order valence-electron chi connectivity index (χ1n) is 8.25. The van der Waals surface area contributed by atoms with E-state index in [2.05, 4.69) is 4.98 Å². The SMILES string of the molecule is CN(Cc1ccc(Cl)s1)C(=O)COC(=O)Cc1csc(-c2ccc(Cl)cc2)n1. The maximum Gasteiger partial charge on any atom is 0.312 e. The smallest absolute Gasteiger partial charge is 0.312 e. The van der Waals surface area contributed by atoms with Crippen LogP contribution in [0.1, 0.15) is 10.6 Å². The molecule has 0 atom stereocenters. The number of halogens is 2. The molecule has 0 aliphatic carbocycles. The largest absolute Gasteiger partial charge is 0.455 e. The number of hydrogen-bond donors (Lipinski definition) is 0. The minimum atomic E-state index is -0.492. The van der Waals surface area contributed by atoms with E-state index in [0.29, 0.717) is 21.6 Å². The van der Waals surface area contributed by atoms with Gasteiger partial charge in [-0.1, -0.05) is 35.3 Å². The molecule has 0 unspecified atom stereocenters. The summed E-state index contributed by atoms with van der Waals surface area (Å²) < 4.78 is 5.77. The summed E-state index contributed by atoms with van der Waals surface area (Å²) >= 11 is 14.6. The number of thiophene rings is 1. The van der Waals surface area contributed by atoms with Gasteiger partial charge in [-0.2, -0.15) is 0 Å². The van der Waals surface area contributed by atoms with Crippen LogP contribution in [0.5, 0.6) is 0 Å². The van der Waals surface area contributed by atoms with Crippen LogP contribution in [0.4, 0.5) is 0 Å². The molecule has 5 nitrogen and oxygen atoms in total. The second-order valence-corrected chi connectivity index (χ2v) is 9.04. The third kappa shape index (κ3) is 5.78. The van der Waals surface area contributed by atoms with Crippen LogP contribution in [0.2, 0.25) is 9.36 Å². The maximum absolute atomic E-state index is 12.1. The van der Waals surface area contributed by atoms with E-state index in [4.69, 9.17) is 27.9 Å². The van der Waals surface area contributed by atoms with Crippen LogP contribution in [0.15, 0.2) is 41.8 Å². The van der Waals surface area contributed by atoms with Crippen LogP contribution < -0.4 is 0 Å². The summed E-state index contributed by atoms with van der Waals surface area (Å²) in [6.07, 6.45) is 0.0155. The normalized spacial score (nSPS) is 10.7. The van der Waals surface area contributed by atoms with Crippen molar-refractivity contribution < 1.29 is 14.3 Å². The van der Waals surface area contributed by atoms with Gasteiger partial charge in [0, 0.05) is 27.9 Å². The maximum atomic E-state index is 12.1. The third-order valence-corrected chi connectivity index (χ3v) is 6.18. The number of carbonyl (C=O) groups is 2. The molecule has 3 rings (SSSR count). The molecule has 1 amide bonds. The molecule has 0 aliphatic rings. The number of hydrogen-bond acceptors (Lipinski definition) is 6. The Hall–Kier alpha value is -1.93. The van der Waals surface area contributed by atoms with Crippen molar-refractivity contribution >= 4 is 57.8 Å². The standard InChI is InChI=1S/C19H16Cl2N2O3S2/c1-23(9-15-6-7-16(21)28-15)17(24)10-26-18(25)8-14-11-27-19(22-14)12-2-4-13(20)5-3-12/h2-7,11H,8-10H2,1H3. The number of esters is 1. The average molecular weight is 455 g/mol. The summed E-state index contributed by atoms with van der Waals surface area (Å²) in [5.41, 5.74) is 1.54. The Morgan fingerprint density at radius 2 is 1.89 bits per heavy atom. The van der Waals surface area contributed by atoms with Crippen molar-refractivity contribution in [2.75, 3.05) is 13.7 Å². The highest BCUT2D eigenvalue weighted by Gasteiger charge is 2.15. The van der Waals surface area contributed by atoms with Crippen LogP contribution >= 0.6 is 45.9 Å². The van der Waals surface area contributed by atoms with Gasteiger partial charge in [0.15, 0.2) is 6.61 Å². The minimum Gasteiger partial charge on any atom is -0.455 e. The molecule has 2 heterocycles. The van der Waals surface area contributed by atoms with Gasteiger partial charge in [0.25, 0.3) is 5.91 Å². The van der Waals surface area contributed by atoms with E-state index in [-0.39, 0.29) is 18.9 Å². The fraction of sp³-hybridized carbons (Fsp3) is 0.211. The Bertz CT molecular complexity index is 970. The fourth-order valence-electron chi connectivity index (χ4n) is 2.32. The Morgan fingerprint density at radius 3 is 2.57 bits per heavy atom. The van der Waals surface area contributed by atoms with E-state index < -0.39 is 5.97 Å². The number of nitrogens with zero attached hydrogens (tertiary/aromatic N) is 2. The quantitative estimate of drug-likeness (QED) is 0.475. The summed E-state index contributed by atoms with van der Waals surface area (Å²) in [6, 6.07) is 11.0. The molecule has 28 heavy (non-hydrogen) atoms. The van der Waals surface area contributed by atoms with Gasteiger partial charge in [-0.15, -0.1) is 22.7 Å². The van der Waals surface area contributed by atoms with Crippen molar-refractivity contribution in [2.45, 2.75) is 13.0 Å². The zero-order chi connectivity index (χ0) is 20.1. The lowest BCUT2D eigenvalue weighted by Crippen LogP contribution is -2.30. The van der Waals surface area contributed by atoms with Gasteiger partial charge in [0.05, 0.1) is 23.0 Å². The predicted molar refractivity (Wildman–Crippen MR) is 113 cm³/mol. The highest BCUT2D eigenvalue weighted by molar-refractivity contribution is 7.16. The van der Waals surface area contributed by atoms with E-state index >= 15 is 0 Å². The molecule has 3 aromatic rings. The topological polar surface area (TPSA) is 59.5 Å². The molecular formula is C19H16Cl2N2O3S2. The van der Waals surface area contributed by atoms with Gasteiger partial charge in [-0.25, -0.2) is 4.98 Å². The molecule has 0 saturated carbocycles. The second kappa shape index (κ2) is 9.52. The van der Waals surface area contributed by atoms with Crippen LogP contribution in [-0.4, -0.2) is 35.4 Å². The molecule has 0 N–H and O–H groups in total. The summed E-state index contributed by atoms with van der Waals surface area (Å²) in [7, 11) is 1.66. The highest BCUT2D eigenvalue weighted by Crippen LogP contribution is 2.25. The van der Waals surface area contributed by atoms with E-state index in [1.54, 1.807) is 30.6 Å². The molecule has 0 spiro atoms. The number of rotatable bonds is 7. The van der Waals surface area contributed by atoms with Crippen LogP contribution in [-0.2, 0) is 27.3 Å². The minimum absolute atomic E-state index is 0.0155.